The number of nitrogens with one attached hydrogen (secondary N) is 1. The number of aromatic nitrogens is 4. The molecule has 1 fully saturated rings. The van der Waals surface area contributed by atoms with Crippen molar-refractivity contribution in [3.05, 3.63) is 102 Å². The van der Waals surface area contributed by atoms with Crippen LogP contribution in [0.4, 0.5) is 5.69 Å². The number of fused-ring (bicyclic) bond motifs is 2. The zero-order valence-corrected chi connectivity index (χ0v) is 27.2. The standard InChI is InChI=1S/C34H30N6O3S3/c41-31(35-25-13-14-28-29(20-25)46-34(36-28)45-22-32(42)39-15-17-43-18-16-39)21-44-33-38-37-30(40(33)26-10-2-1-3-11-26)19-24-9-6-8-23-7-4-5-12-27(23)24/h1-14,20H,15-19,21-22H2,(H,35,41). The van der Waals surface area contributed by atoms with E-state index in [4.69, 9.17) is 4.74 Å². The minimum atomic E-state index is -0.141. The predicted molar refractivity (Wildman–Crippen MR) is 185 cm³/mol. The van der Waals surface area contributed by atoms with Gasteiger partial charge >= 0.3 is 0 Å². The molecule has 0 bridgehead atoms. The van der Waals surface area contributed by atoms with Gasteiger partial charge < -0.3 is 15.0 Å². The number of nitrogens with zero attached hydrogens (tertiary/aromatic N) is 5. The van der Waals surface area contributed by atoms with E-state index in [1.54, 1.807) is 0 Å². The zero-order chi connectivity index (χ0) is 31.3. The molecule has 0 saturated carbocycles. The molecule has 2 amide bonds. The van der Waals surface area contributed by atoms with Gasteiger partial charge in [0.15, 0.2) is 9.50 Å². The summed E-state index contributed by atoms with van der Waals surface area (Å²) in [7, 11) is 0. The summed E-state index contributed by atoms with van der Waals surface area (Å²) in [6, 6.07) is 30.3. The first-order valence-corrected chi connectivity index (χ1v) is 17.7. The van der Waals surface area contributed by atoms with Crippen molar-refractivity contribution in [3.8, 4) is 5.69 Å². The lowest BCUT2D eigenvalue weighted by molar-refractivity contribution is -0.132. The molecule has 1 aliphatic heterocycles. The molecule has 0 spiro atoms. The third-order valence-corrected chi connectivity index (χ3v) is 10.7. The second kappa shape index (κ2) is 14.0. The molecule has 46 heavy (non-hydrogen) atoms. The number of benzene rings is 4. The van der Waals surface area contributed by atoms with Gasteiger partial charge in [-0.05, 0) is 46.7 Å². The van der Waals surface area contributed by atoms with Crippen molar-refractivity contribution in [2.45, 2.75) is 15.9 Å². The predicted octanol–water partition coefficient (Wildman–Crippen LogP) is 6.30. The third kappa shape index (κ3) is 6.95. The number of thioether (sulfide) groups is 2. The number of hydrogen-bond acceptors (Lipinski definition) is 9. The molecule has 1 aliphatic rings. The van der Waals surface area contributed by atoms with Gasteiger partial charge in [0.25, 0.3) is 0 Å². The Morgan fingerprint density at radius 2 is 1.67 bits per heavy atom. The summed E-state index contributed by atoms with van der Waals surface area (Å²) in [5.41, 5.74) is 3.65. The van der Waals surface area contributed by atoms with Crippen LogP contribution in [0.1, 0.15) is 11.4 Å². The van der Waals surface area contributed by atoms with Crippen LogP contribution in [0.25, 0.3) is 26.7 Å². The van der Waals surface area contributed by atoms with E-state index < -0.39 is 0 Å². The van der Waals surface area contributed by atoms with Crippen LogP contribution in [-0.2, 0) is 20.7 Å². The molecule has 0 unspecified atom stereocenters. The summed E-state index contributed by atoms with van der Waals surface area (Å²) in [6.45, 7) is 2.45. The van der Waals surface area contributed by atoms with Gasteiger partial charge in [0.2, 0.25) is 11.8 Å². The summed E-state index contributed by atoms with van der Waals surface area (Å²) >= 11 is 4.32. The van der Waals surface area contributed by atoms with Crippen LogP contribution in [0, 0.1) is 0 Å². The molecule has 1 N–H and O–H groups in total. The maximum absolute atomic E-state index is 13.1. The monoisotopic (exact) mass is 666 g/mol. The molecule has 3 heterocycles. The van der Waals surface area contributed by atoms with Crippen LogP contribution < -0.4 is 5.32 Å². The molecule has 0 atom stereocenters. The molecule has 7 rings (SSSR count). The summed E-state index contributed by atoms with van der Waals surface area (Å²) < 4.78 is 9.15. The van der Waals surface area contributed by atoms with Crippen molar-refractivity contribution >= 4 is 73.4 Å². The van der Waals surface area contributed by atoms with Crippen LogP contribution in [0.5, 0.6) is 0 Å². The maximum Gasteiger partial charge on any atom is 0.234 e. The van der Waals surface area contributed by atoms with Crippen LogP contribution in [0.2, 0.25) is 0 Å². The number of thiazole rings is 1. The van der Waals surface area contributed by atoms with E-state index >= 15 is 0 Å². The van der Waals surface area contributed by atoms with Gasteiger partial charge in [0.05, 0.1) is 34.9 Å². The minimum absolute atomic E-state index is 0.0989. The average molecular weight is 667 g/mol. The van der Waals surface area contributed by atoms with Crippen molar-refractivity contribution < 1.29 is 14.3 Å². The number of anilines is 1. The second-order valence-electron chi connectivity index (χ2n) is 10.7. The molecule has 232 valence electrons. The SMILES string of the molecule is O=C(CSc1nnc(Cc2cccc3ccccc23)n1-c1ccccc1)Nc1ccc2nc(SCC(=O)N3CCOCC3)sc2c1. The fraction of sp³-hybridized carbons (Fsp3) is 0.206. The normalized spacial score (nSPS) is 13.3. The zero-order valence-electron chi connectivity index (χ0n) is 24.8. The van der Waals surface area contributed by atoms with Crippen LogP contribution in [0.3, 0.4) is 0 Å². The Bertz CT molecular complexity index is 2000. The van der Waals surface area contributed by atoms with E-state index in [1.807, 2.05) is 70.1 Å². The smallest absolute Gasteiger partial charge is 0.234 e. The number of para-hydroxylation sites is 1. The molecule has 4 aromatic carbocycles. The number of carbonyl (C=O) groups excluding carboxylic acids is 2. The van der Waals surface area contributed by atoms with Crippen LogP contribution in [-0.4, -0.2) is 74.3 Å². The average Bonchev–Trinajstić information content (AvgIpc) is 3.70. The largest absolute Gasteiger partial charge is 0.378 e. The molecule has 9 nitrogen and oxygen atoms in total. The molecule has 1 saturated heterocycles. The highest BCUT2D eigenvalue weighted by atomic mass is 32.2. The fourth-order valence-corrected chi connectivity index (χ4v) is 8.14. The molecule has 6 aromatic rings. The highest BCUT2D eigenvalue weighted by Gasteiger charge is 2.19. The van der Waals surface area contributed by atoms with Crippen molar-refractivity contribution in [1.29, 1.82) is 0 Å². The van der Waals surface area contributed by atoms with Crippen molar-refractivity contribution in [2.24, 2.45) is 0 Å². The molecular formula is C34H30N6O3S3. The summed E-state index contributed by atoms with van der Waals surface area (Å²) in [4.78, 5) is 32.1. The molecular weight excluding hydrogens is 637 g/mol. The lowest BCUT2D eigenvalue weighted by Crippen LogP contribution is -2.41. The molecule has 12 heteroatoms. The van der Waals surface area contributed by atoms with Gasteiger partial charge in [-0.25, -0.2) is 4.98 Å². The Balaban J connectivity index is 1.02. The van der Waals surface area contributed by atoms with Gasteiger partial charge in [0, 0.05) is 30.9 Å². The van der Waals surface area contributed by atoms with E-state index in [-0.39, 0.29) is 17.6 Å². The minimum Gasteiger partial charge on any atom is -0.378 e. The third-order valence-electron chi connectivity index (χ3n) is 7.61. The fourth-order valence-electron chi connectivity index (χ4n) is 5.36. The van der Waals surface area contributed by atoms with E-state index in [0.29, 0.717) is 49.3 Å². The maximum atomic E-state index is 13.1. The first-order valence-electron chi connectivity index (χ1n) is 14.9. The molecule has 0 radical (unpaired) electrons. The highest BCUT2D eigenvalue weighted by Crippen LogP contribution is 2.32. The number of hydrogen-bond donors (Lipinski definition) is 1. The topological polar surface area (TPSA) is 102 Å². The van der Waals surface area contributed by atoms with Gasteiger partial charge in [-0.1, -0.05) is 84.2 Å². The van der Waals surface area contributed by atoms with E-state index in [2.05, 4.69) is 50.8 Å². The van der Waals surface area contributed by atoms with Gasteiger partial charge in [-0.3, -0.25) is 14.2 Å². The van der Waals surface area contributed by atoms with Crippen LogP contribution in [0.15, 0.2) is 100 Å². The quantitative estimate of drug-likeness (QED) is 0.170. The van der Waals surface area contributed by atoms with Gasteiger partial charge in [0.1, 0.15) is 5.82 Å². The Labute approximate surface area is 278 Å². The number of amides is 2. The number of ether oxygens (including phenoxy) is 1. The van der Waals surface area contributed by atoms with Crippen molar-refractivity contribution in [1.82, 2.24) is 24.6 Å². The van der Waals surface area contributed by atoms with Crippen molar-refractivity contribution in [2.75, 3.05) is 43.1 Å². The first kappa shape index (κ1) is 30.4. The Kier molecular flexibility index (Phi) is 9.29. The van der Waals surface area contributed by atoms with Gasteiger partial charge in [-0.15, -0.1) is 21.5 Å². The first-order chi connectivity index (χ1) is 22.6. The lowest BCUT2D eigenvalue weighted by atomic mass is 10.0. The van der Waals surface area contributed by atoms with Crippen LogP contribution >= 0.6 is 34.9 Å². The van der Waals surface area contributed by atoms with Crippen molar-refractivity contribution in [3.63, 3.8) is 0 Å². The number of carbonyl (C=O) groups is 2. The van der Waals surface area contributed by atoms with E-state index in [9.17, 15) is 9.59 Å². The second-order valence-corrected chi connectivity index (χ2v) is 13.9. The Morgan fingerprint density at radius 3 is 2.54 bits per heavy atom. The lowest BCUT2D eigenvalue weighted by Gasteiger charge is -2.26. The van der Waals surface area contributed by atoms with Gasteiger partial charge in [-0.2, -0.15) is 0 Å². The molecule has 0 aliphatic carbocycles. The van der Waals surface area contributed by atoms with E-state index in [1.165, 1.54) is 51.2 Å². The Hall–Kier alpha value is -4.23. The number of rotatable bonds is 10. The summed E-state index contributed by atoms with van der Waals surface area (Å²) in [5.74, 6) is 1.28. The van der Waals surface area contributed by atoms with E-state index in [0.717, 1.165) is 26.1 Å². The number of morpholine rings is 1. The molecule has 2 aromatic heterocycles. The highest BCUT2D eigenvalue weighted by molar-refractivity contribution is 8.01. The summed E-state index contributed by atoms with van der Waals surface area (Å²) in [5, 5.41) is 15.1. The summed E-state index contributed by atoms with van der Waals surface area (Å²) in [6.07, 6.45) is 0.604. The Morgan fingerprint density at radius 1 is 0.870 bits per heavy atom.